The van der Waals surface area contributed by atoms with E-state index >= 15 is 0 Å². The van der Waals surface area contributed by atoms with E-state index in [-0.39, 0.29) is 12.2 Å². The van der Waals surface area contributed by atoms with Crippen LogP contribution in [0.15, 0.2) is 24.3 Å². The maximum atomic E-state index is 12.8. The summed E-state index contributed by atoms with van der Waals surface area (Å²) >= 11 is 1.20. The quantitative estimate of drug-likeness (QED) is 0.789. The second-order valence-corrected chi connectivity index (χ2v) is 5.22. The molecule has 2 heterocycles. The average Bonchev–Trinajstić information content (AvgIpc) is 2.93. The lowest BCUT2D eigenvalue weighted by atomic mass is 10.1. The molecule has 0 saturated heterocycles. The molecular formula is C12H9FN4O2S. The summed E-state index contributed by atoms with van der Waals surface area (Å²) in [5, 5.41) is 21.4. The van der Waals surface area contributed by atoms with Crippen molar-refractivity contribution in [3.8, 4) is 0 Å². The van der Waals surface area contributed by atoms with Crippen LogP contribution in [0.2, 0.25) is 0 Å². The van der Waals surface area contributed by atoms with Gasteiger partial charge in [0, 0.05) is 6.42 Å². The Balaban J connectivity index is 1.89. The van der Waals surface area contributed by atoms with Crippen LogP contribution in [0.3, 0.4) is 0 Å². The van der Waals surface area contributed by atoms with Gasteiger partial charge in [-0.05, 0) is 17.7 Å². The third-order valence-electron chi connectivity index (χ3n) is 2.68. The summed E-state index contributed by atoms with van der Waals surface area (Å²) in [5.74, 6) is -0.632. The maximum absolute atomic E-state index is 12.8. The highest BCUT2D eigenvalue weighted by Crippen LogP contribution is 2.16. The third kappa shape index (κ3) is 2.50. The maximum Gasteiger partial charge on any atom is 0.310 e. The van der Waals surface area contributed by atoms with Crippen molar-refractivity contribution in [1.29, 1.82) is 0 Å². The molecule has 0 aliphatic carbocycles. The van der Waals surface area contributed by atoms with Crippen LogP contribution in [-0.4, -0.2) is 30.9 Å². The van der Waals surface area contributed by atoms with E-state index in [1.807, 2.05) is 0 Å². The number of carboxylic acids is 1. The predicted octanol–water partition coefficient (Wildman–Crippen LogP) is 1.54. The van der Waals surface area contributed by atoms with E-state index in [2.05, 4.69) is 15.3 Å². The fourth-order valence-electron chi connectivity index (χ4n) is 1.79. The lowest BCUT2D eigenvalue weighted by molar-refractivity contribution is -0.136. The molecule has 0 spiro atoms. The van der Waals surface area contributed by atoms with Crippen molar-refractivity contribution in [3.63, 3.8) is 0 Å². The molecule has 0 bridgehead atoms. The van der Waals surface area contributed by atoms with Crippen LogP contribution in [0.5, 0.6) is 0 Å². The second kappa shape index (κ2) is 4.97. The summed E-state index contributed by atoms with van der Waals surface area (Å²) in [6.07, 6.45) is 0.321. The van der Waals surface area contributed by atoms with Gasteiger partial charge in [0.2, 0.25) is 4.96 Å². The van der Waals surface area contributed by atoms with Gasteiger partial charge in [-0.15, -0.1) is 10.2 Å². The van der Waals surface area contributed by atoms with Gasteiger partial charge >= 0.3 is 5.97 Å². The van der Waals surface area contributed by atoms with Crippen LogP contribution in [0.25, 0.3) is 4.96 Å². The molecule has 6 nitrogen and oxygen atoms in total. The molecule has 0 atom stereocenters. The standard InChI is InChI=1S/C12H9FN4O2S/c13-8-3-1-7(2-4-8)5-9-14-15-12-17(9)16-10(20-12)6-11(18)19/h1-4H,5-6H2,(H,18,19). The van der Waals surface area contributed by atoms with Crippen LogP contribution in [0, 0.1) is 5.82 Å². The fourth-order valence-corrected chi connectivity index (χ4v) is 2.64. The monoisotopic (exact) mass is 292 g/mol. The van der Waals surface area contributed by atoms with E-state index in [9.17, 15) is 9.18 Å². The number of hydrogen-bond donors (Lipinski definition) is 1. The zero-order valence-corrected chi connectivity index (χ0v) is 11.0. The van der Waals surface area contributed by atoms with Gasteiger partial charge in [0.05, 0.1) is 6.42 Å². The van der Waals surface area contributed by atoms with Crippen molar-refractivity contribution in [1.82, 2.24) is 19.8 Å². The fraction of sp³-hybridized carbons (Fsp3) is 0.167. The molecule has 8 heteroatoms. The Bertz CT molecular complexity index is 765. The largest absolute Gasteiger partial charge is 0.481 e. The Hall–Kier alpha value is -2.35. The molecule has 0 fully saturated rings. The zero-order chi connectivity index (χ0) is 14.1. The van der Waals surface area contributed by atoms with Gasteiger partial charge in [0.15, 0.2) is 5.82 Å². The van der Waals surface area contributed by atoms with Crippen LogP contribution in [-0.2, 0) is 17.6 Å². The first kappa shape index (κ1) is 12.7. The topological polar surface area (TPSA) is 80.4 Å². The van der Waals surface area contributed by atoms with E-state index in [1.165, 1.54) is 28.0 Å². The first-order valence-corrected chi connectivity index (χ1v) is 6.60. The highest BCUT2D eigenvalue weighted by molar-refractivity contribution is 7.16. The van der Waals surface area contributed by atoms with Crippen LogP contribution in [0.1, 0.15) is 16.4 Å². The van der Waals surface area contributed by atoms with E-state index in [0.29, 0.717) is 22.2 Å². The molecule has 0 aliphatic heterocycles. The summed E-state index contributed by atoms with van der Waals surface area (Å²) in [5.41, 5.74) is 0.883. The number of fused-ring (bicyclic) bond motifs is 1. The summed E-state index contributed by atoms with van der Waals surface area (Å²) in [6, 6.07) is 6.09. The van der Waals surface area contributed by atoms with Gasteiger partial charge in [0.1, 0.15) is 10.8 Å². The molecule has 1 aromatic carbocycles. The molecule has 0 radical (unpaired) electrons. The minimum atomic E-state index is -0.935. The molecule has 20 heavy (non-hydrogen) atoms. The van der Waals surface area contributed by atoms with Crippen molar-refractivity contribution in [2.75, 3.05) is 0 Å². The number of aromatic nitrogens is 4. The van der Waals surface area contributed by atoms with Crippen LogP contribution in [0.4, 0.5) is 4.39 Å². The Morgan fingerprint density at radius 1 is 1.30 bits per heavy atom. The Kier molecular flexibility index (Phi) is 3.15. The second-order valence-electron chi connectivity index (χ2n) is 4.18. The molecule has 0 amide bonds. The first-order valence-electron chi connectivity index (χ1n) is 5.78. The third-order valence-corrected chi connectivity index (χ3v) is 3.57. The summed E-state index contributed by atoms with van der Waals surface area (Å²) < 4.78 is 14.4. The number of carbonyl (C=O) groups is 1. The van der Waals surface area contributed by atoms with Gasteiger partial charge in [-0.2, -0.15) is 9.61 Å². The minimum absolute atomic E-state index is 0.135. The molecule has 0 unspecified atom stereocenters. The normalized spacial score (nSPS) is 11.1. The van der Waals surface area contributed by atoms with Crippen molar-refractivity contribution in [2.24, 2.45) is 0 Å². The van der Waals surface area contributed by atoms with Crippen molar-refractivity contribution in [2.45, 2.75) is 12.8 Å². The van der Waals surface area contributed by atoms with Gasteiger partial charge in [-0.25, -0.2) is 4.39 Å². The smallest absolute Gasteiger partial charge is 0.310 e. The molecule has 3 aromatic rings. The Morgan fingerprint density at radius 2 is 2.05 bits per heavy atom. The number of hydrogen-bond acceptors (Lipinski definition) is 5. The first-order chi connectivity index (χ1) is 9.61. The predicted molar refractivity (Wildman–Crippen MR) is 69.2 cm³/mol. The van der Waals surface area contributed by atoms with E-state index in [0.717, 1.165) is 5.56 Å². The summed E-state index contributed by atoms with van der Waals surface area (Å²) in [7, 11) is 0. The molecule has 1 N–H and O–H groups in total. The zero-order valence-electron chi connectivity index (χ0n) is 10.2. The number of benzene rings is 1. The Labute approximate surface area is 116 Å². The van der Waals surface area contributed by atoms with Gasteiger partial charge in [-0.1, -0.05) is 23.5 Å². The molecule has 0 saturated carbocycles. The van der Waals surface area contributed by atoms with E-state index < -0.39 is 5.97 Å². The van der Waals surface area contributed by atoms with Crippen LogP contribution < -0.4 is 0 Å². The van der Waals surface area contributed by atoms with E-state index in [4.69, 9.17) is 5.11 Å². The van der Waals surface area contributed by atoms with Crippen molar-refractivity contribution >= 4 is 22.3 Å². The highest BCUT2D eigenvalue weighted by atomic mass is 32.1. The number of carboxylic acid groups (broad SMARTS) is 1. The number of halogens is 1. The molecule has 3 rings (SSSR count). The van der Waals surface area contributed by atoms with Gasteiger partial charge in [-0.3, -0.25) is 4.79 Å². The minimum Gasteiger partial charge on any atom is -0.481 e. The molecular weight excluding hydrogens is 283 g/mol. The Morgan fingerprint density at radius 3 is 2.75 bits per heavy atom. The lowest BCUT2D eigenvalue weighted by Gasteiger charge is -1.98. The number of nitrogens with zero attached hydrogens (tertiary/aromatic N) is 4. The summed E-state index contributed by atoms with van der Waals surface area (Å²) in [6.45, 7) is 0. The number of aliphatic carboxylic acids is 1. The average molecular weight is 292 g/mol. The van der Waals surface area contributed by atoms with Crippen LogP contribution >= 0.6 is 11.3 Å². The van der Waals surface area contributed by atoms with Crippen molar-refractivity contribution in [3.05, 3.63) is 46.5 Å². The lowest BCUT2D eigenvalue weighted by Crippen LogP contribution is -2.02. The highest BCUT2D eigenvalue weighted by Gasteiger charge is 2.13. The molecule has 102 valence electrons. The van der Waals surface area contributed by atoms with Gasteiger partial charge < -0.3 is 5.11 Å². The van der Waals surface area contributed by atoms with Gasteiger partial charge in [0.25, 0.3) is 0 Å². The van der Waals surface area contributed by atoms with E-state index in [1.54, 1.807) is 12.1 Å². The SMILES string of the molecule is O=C(O)Cc1nn2c(Cc3ccc(F)cc3)nnc2s1. The summed E-state index contributed by atoms with van der Waals surface area (Å²) in [4.78, 5) is 11.2. The number of rotatable bonds is 4. The van der Waals surface area contributed by atoms with Crippen molar-refractivity contribution < 1.29 is 14.3 Å². The molecule has 0 aliphatic rings. The molecule has 2 aromatic heterocycles.